The number of ether oxygens (including phenoxy) is 1. The number of benzene rings is 1. The van der Waals surface area contributed by atoms with Crippen LogP contribution in [0.2, 0.25) is 0 Å². The summed E-state index contributed by atoms with van der Waals surface area (Å²) in [4.78, 5) is 11.5. The minimum absolute atomic E-state index is 0.167. The van der Waals surface area contributed by atoms with Crippen LogP contribution in [-0.2, 0) is 17.8 Å². The summed E-state index contributed by atoms with van der Waals surface area (Å²) >= 11 is 1.85. The number of aryl methyl sites for hydroxylation is 1. The van der Waals surface area contributed by atoms with Crippen molar-refractivity contribution in [3.05, 3.63) is 41.1 Å². The Bertz CT molecular complexity index is 770. The average molecular weight is 387 g/mol. The molecule has 3 rings (SSSR count). The minimum Gasteiger partial charge on any atom is -0.370 e. The molecule has 0 unspecified atom stereocenters. The highest BCUT2D eigenvalue weighted by molar-refractivity contribution is 7.99. The van der Waals surface area contributed by atoms with Gasteiger partial charge in [0.1, 0.15) is 5.03 Å². The van der Waals surface area contributed by atoms with Gasteiger partial charge < -0.3 is 9.64 Å². The summed E-state index contributed by atoms with van der Waals surface area (Å²) in [7, 11) is 0. The van der Waals surface area contributed by atoms with Gasteiger partial charge in [-0.3, -0.25) is 0 Å². The van der Waals surface area contributed by atoms with Crippen molar-refractivity contribution in [3.63, 3.8) is 0 Å². The Kier molecular flexibility index (Phi) is 6.56. The summed E-state index contributed by atoms with van der Waals surface area (Å²) in [5.74, 6) is 1.90. The van der Waals surface area contributed by atoms with Gasteiger partial charge in [-0.2, -0.15) is 0 Å². The van der Waals surface area contributed by atoms with Gasteiger partial charge in [-0.05, 0) is 34.6 Å². The quantitative estimate of drug-likeness (QED) is 0.585. The van der Waals surface area contributed by atoms with Crippen LogP contribution < -0.4 is 4.90 Å². The zero-order chi connectivity index (χ0) is 19.4. The SMILES string of the molecule is CC[NH+](CC)CCSc1nc(-c2ccc(C)cc2)nc2c1COC(C)(C)C2. The van der Waals surface area contributed by atoms with E-state index in [1.165, 1.54) is 24.2 Å². The van der Waals surface area contributed by atoms with E-state index < -0.39 is 0 Å². The van der Waals surface area contributed by atoms with E-state index >= 15 is 0 Å². The molecule has 0 saturated heterocycles. The van der Waals surface area contributed by atoms with Gasteiger partial charge in [-0.1, -0.05) is 29.8 Å². The fourth-order valence-electron chi connectivity index (χ4n) is 3.37. The molecular formula is C22H32N3OS+. The number of hydrogen-bond donors (Lipinski definition) is 1. The topological polar surface area (TPSA) is 39.5 Å². The molecule has 0 bridgehead atoms. The van der Waals surface area contributed by atoms with Crippen LogP contribution >= 0.6 is 11.8 Å². The molecule has 2 heterocycles. The number of hydrogen-bond acceptors (Lipinski definition) is 4. The predicted molar refractivity (Wildman–Crippen MR) is 112 cm³/mol. The van der Waals surface area contributed by atoms with Crippen LogP contribution in [0.4, 0.5) is 0 Å². The van der Waals surface area contributed by atoms with Crippen molar-refractivity contribution in [3.8, 4) is 11.4 Å². The van der Waals surface area contributed by atoms with Crippen molar-refractivity contribution >= 4 is 11.8 Å². The zero-order valence-corrected chi connectivity index (χ0v) is 18.1. The molecule has 0 atom stereocenters. The first-order valence-electron chi connectivity index (χ1n) is 9.99. The van der Waals surface area contributed by atoms with Crippen LogP contribution in [0.25, 0.3) is 11.4 Å². The van der Waals surface area contributed by atoms with Gasteiger partial charge in [0.25, 0.3) is 0 Å². The highest BCUT2D eigenvalue weighted by Crippen LogP contribution is 2.33. The molecule has 2 aromatic rings. The molecule has 1 aromatic carbocycles. The molecule has 27 heavy (non-hydrogen) atoms. The lowest BCUT2D eigenvalue weighted by Crippen LogP contribution is -3.11. The third kappa shape index (κ3) is 5.09. The predicted octanol–water partition coefficient (Wildman–Crippen LogP) is 3.32. The highest BCUT2D eigenvalue weighted by atomic mass is 32.2. The van der Waals surface area contributed by atoms with E-state index in [0.29, 0.717) is 6.61 Å². The maximum atomic E-state index is 6.06. The first kappa shape index (κ1) is 20.3. The number of quaternary nitrogens is 1. The molecule has 0 aliphatic carbocycles. The van der Waals surface area contributed by atoms with Gasteiger partial charge in [0.2, 0.25) is 0 Å². The molecule has 0 spiro atoms. The summed E-state index contributed by atoms with van der Waals surface area (Å²) < 4.78 is 6.06. The van der Waals surface area contributed by atoms with Gasteiger partial charge in [0.15, 0.2) is 5.82 Å². The number of fused-ring (bicyclic) bond motifs is 1. The largest absolute Gasteiger partial charge is 0.370 e. The molecule has 0 radical (unpaired) electrons. The Morgan fingerprint density at radius 1 is 1.11 bits per heavy atom. The molecule has 1 aromatic heterocycles. The normalized spacial score (nSPS) is 15.8. The summed E-state index contributed by atoms with van der Waals surface area (Å²) in [5.41, 5.74) is 4.50. The molecule has 0 saturated carbocycles. The van der Waals surface area contributed by atoms with E-state index in [2.05, 4.69) is 58.9 Å². The standard InChI is InChI=1S/C22H31N3OS/c1-6-25(7-2)12-13-27-21-18-15-26-22(4,5)14-19(18)23-20(24-21)17-10-8-16(3)9-11-17/h8-11H,6-7,12-15H2,1-5H3/p+1. The van der Waals surface area contributed by atoms with Crippen molar-refractivity contribution in [1.29, 1.82) is 0 Å². The number of thioether (sulfide) groups is 1. The van der Waals surface area contributed by atoms with Crippen LogP contribution in [0.3, 0.4) is 0 Å². The van der Waals surface area contributed by atoms with Crippen LogP contribution in [0.5, 0.6) is 0 Å². The Morgan fingerprint density at radius 2 is 1.81 bits per heavy atom. The molecule has 0 fully saturated rings. The summed E-state index contributed by atoms with van der Waals surface area (Å²) in [6.45, 7) is 15.0. The zero-order valence-electron chi connectivity index (χ0n) is 17.3. The van der Waals surface area contributed by atoms with E-state index in [0.717, 1.165) is 40.8 Å². The number of nitrogens with zero attached hydrogens (tertiary/aromatic N) is 2. The Labute approximate surface area is 167 Å². The lowest BCUT2D eigenvalue weighted by atomic mass is 9.96. The van der Waals surface area contributed by atoms with Gasteiger partial charge in [-0.25, -0.2) is 9.97 Å². The fraction of sp³-hybridized carbons (Fsp3) is 0.545. The third-order valence-electron chi connectivity index (χ3n) is 5.26. The third-order valence-corrected chi connectivity index (χ3v) is 6.28. The Morgan fingerprint density at radius 3 is 2.48 bits per heavy atom. The molecule has 1 N–H and O–H groups in total. The van der Waals surface area contributed by atoms with Crippen molar-refractivity contribution in [2.75, 3.05) is 25.4 Å². The minimum atomic E-state index is -0.167. The molecule has 1 aliphatic rings. The highest BCUT2D eigenvalue weighted by Gasteiger charge is 2.30. The molecule has 4 nitrogen and oxygen atoms in total. The Hall–Kier alpha value is -1.43. The average Bonchev–Trinajstić information content (AvgIpc) is 2.64. The van der Waals surface area contributed by atoms with Crippen molar-refractivity contribution in [2.45, 2.75) is 58.3 Å². The fourth-order valence-corrected chi connectivity index (χ4v) is 4.45. The van der Waals surface area contributed by atoms with Crippen LogP contribution in [0, 0.1) is 6.92 Å². The van der Waals surface area contributed by atoms with Crippen LogP contribution in [0.15, 0.2) is 29.3 Å². The molecule has 5 heteroatoms. The van der Waals surface area contributed by atoms with Crippen molar-refractivity contribution < 1.29 is 9.64 Å². The molecule has 146 valence electrons. The van der Waals surface area contributed by atoms with Crippen molar-refractivity contribution in [1.82, 2.24) is 9.97 Å². The monoisotopic (exact) mass is 386 g/mol. The lowest BCUT2D eigenvalue weighted by Gasteiger charge is -2.32. The van der Waals surface area contributed by atoms with E-state index in [1.54, 1.807) is 4.90 Å². The van der Waals surface area contributed by atoms with E-state index in [9.17, 15) is 0 Å². The second-order valence-corrected chi connectivity index (χ2v) is 9.01. The van der Waals surface area contributed by atoms with Crippen molar-refractivity contribution in [2.24, 2.45) is 0 Å². The summed E-state index contributed by atoms with van der Waals surface area (Å²) in [6.07, 6.45) is 0.832. The van der Waals surface area contributed by atoms with E-state index in [-0.39, 0.29) is 5.60 Å². The lowest BCUT2D eigenvalue weighted by molar-refractivity contribution is -0.893. The first-order chi connectivity index (χ1) is 12.9. The van der Waals surface area contributed by atoms with Crippen LogP contribution in [-0.4, -0.2) is 41.0 Å². The van der Waals surface area contributed by atoms with Gasteiger partial charge in [-0.15, -0.1) is 11.8 Å². The van der Waals surface area contributed by atoms with E-state index in [4.69, 9.17) is 14.7 Å². The molecular weight excluding hydrogens is 354 g/mol. The van der Waals surface area contributed by atoms with Gasteiger partial charge >= 0.3 is 0 Å². The number of aromatic nitrogens is 2. The first-order valence-corrected chi connectivity index (χ1v) is 11.0. The number of rotatable bonds is 7. The van der Waals surface area contributed by atoms with Gasteiger partial charge in [0.05, 0.1) is 37.5 Å². The number of nitrogens with one attached hydrogen (secondary N) is 1. The second-order valence-electron chi connectivity index (χ2n) is 7.92. The Balaban J connectivity index is 1.90. The summed E-state index contributed by atoms with van der Waals surface area (Å²) in [6, 6.07) is 8.50. The smallest absolute Gasteiger partial charge is 0.160 e. The molecule has 0 amide bonds. The maximum absolute atomic E-state index is 6.06. The van der Waals surface area contributed by atoms with Crippen LogP contribution in [0.1, 0.15) is 44.5 Å². The van der Waals surface area contributed by atoms with Gasteiger partial charge in [0, 0.05) is 23.3 Å². The maximum Gasteiger partial charge on any atom is 0.160 e. The molecule has 1 aliphatic heterocycles. The summed E-state index contributed by atoms with van der Waals surface area (Å²) in [5, 5.41) is 1.10. The van der Waals surface area contributed by atoms with E-state index in [1.807, 2.05) is 11.8 Å². The second kappa shape index (κ2) is 8.72.